The van der Waals surface area contributed by atoms with Gasteiger partial charge in [-0.15, -0.1) is 0 Å². The molecule has 0 fully saturated rings. The summed E-state index contributed by atoms with van der Waals surface area (Å²) >= 11 is 0. The van der Waals surface area contributed by atoms with Crippen molar-refractivity contribution in [2.75, 3.05) is 6.54 Å². The standard InChI is InChI=1S/C6H10N4O/c7-6(11)8-3-1-5-2-4-9-10-5/h2,4H,1,3H2,(H,9,10)(H3,7,8,11). The fraction of sp³-hybridized carbons (Fsp3) is 0.333. The number of carbonyl (C=O) groups is 1. The van der Waals surface area contributed by atoms with E-state index < -0.39 is 6.03 Å². The molecule has 5 heteroatoms. The first kappa shape index (κ1) is 7.59. The van der Waals surface area contributed by atoms with E-state index in [0.29, 0.717) is 6.54 Å². The Bertz CT molecular complexity index is 218. The van der Waals surface area contributed by atoms with Crippen LogP contribution in [0.5, 0.6) is 0 Å². The molecule has 0 aliphatic heterocycles. The third-order valence-electron chi connectivity index (χ3n) is 1.25. The molecule has 1 rings (SSSR count). The highest BCUT2D eigenvalue weighted by Gasteiger charge is 1.94. The number of aromatic amines is 1. The lowest BCUT2D eigenvalue weighted by Gasteiger charge is -1.97. The number of urea groups is 1. The molecule has 0 atom stereocenters. The van der Waals surface area contributed by atoms with Gasteiger partial charge in [0.15, 0.2) is 0 Å². The smallest absolute Gasteiger partial charge is 0.312 e. The summed E-state index contributed by atoms with van der Waals surface area (Å²) in [6.45, 7) is 0.539. The number of nitrogens with one attached hydrogen (secondary N) is 2. The van der Waals surface area contributed by atoms with Crippen molar-refractivity contribution < 1.29 is 4.79 Å². The molecule has 0 radical (unpaired) electrons. The molecule has 0 saturated carbocycles. The molecule has 0 aliphatic rings. The van der Waals surface area contributed by atoms with E-state index in [1.165, 1.54) is 0 Å². The van der Waals surface area contributed by atoms with E-state index >= 15 is 0 Å². The monoisotopic (exact) mass is 154 g/mol. The second kappa shape index (κ2) is 3.60. The largest absolute Gasteiger partial charge is 0.352 e. The Morgan fingerprint density at radius 3 is 3.18 bits per heavy atom. The van der Waals surface area contributed by atoms with E-state index in [0.717, 1.165) is 12.1 Å². The number of rotatable bonds is 3. The van der Waals surface area contributed by atoms with Gasteiger partial charge in [-0.25, -0.2) is 4.79 Å². The Labute approximate surface area is 64.0 Å². The van der Waals surface area contributed by atoms with Crippen LogP contribution >= 0.6 is 0 Å². The van der Waals surface area contributed by atoms with Crippen LogP contribution in [0.25, 0.3) is 0 Å². The highest BCUT2D eigenvalue weighted by molar-refractivity contribution is 5.71. The zero-order valence-electron chi connectivity index (χ0n) is 6.00. The lowest BCUT2D eigenvalue weighted by Crippen LogP contribution is -2.30. The average Bonchev–Trinajstić information content (AvgIpc) is 2.39. The topological polar surface area (TPSA) is 83.8 Å². The van der Waals surface area contributed by atoms with E-state index in [9.17, 15) is 4.79 Å². The van der Waals surface area contributed by atoms with Gasteiger partial charge < -0.3 is 11.1 Å². The molecule has 1 heterocycles. The number of amides is 2. The van der Waals surface area contributed by atoms with Gasteiger partial charge in [-0.3, -0.25) is 5.10 Å². The first-order valence-electron chi connectivity index (χ1n) is 3.30. The van der Waals surface area contributed by atoms with Crippen LogP contribution in [0.2, 0.25) is 0 Å². The van der Waals surface area contributed by atoms with Crippen molar-refractivity contribution in [2.24, 2.45) is 5.73 Å². The quantitative estimate of drug-likeness (QED) is 0.554. The number of hydrogen-bond donors (Lipinski definition) is 3. The first-order valence-corrected chi connectivity index (χ1v) is 3.30. The summed E-state index contributed by atoms with van der Waals surface area (Å²) in [5.74, 6) is 0. The van der Waals surface area contributed by atoms with Gasteiger partial charge >= 0.3 is 6.03 Å². The fourth-order valence-corrected chi connectivity index (χ4v) is 0.744. The van der Waals surface area contributed by atoms with Gasteiger partial charge in [-0.05, 0) is 6.07 Å². The molecule has 0 saturated heterocycles. The lowest BCUT2D eigenvalue weighted by molar-refractivity contribution is 0.249. The minimum absolute atomic E-state index is 0.496. The summed E-state index contributed by atoms with van der Waals surface area (Å²) in [7, 11) is 0. The van der Waals surface area contributed by atoms with E-state index in [2.05, 4.69) is 15.5 Å². The Hall–Kier alpha value is -1.52. The predicted octanol–water partition coefficient (Wildman–Crippen LogP) is -0.380. The van der Waals surface area contributed by atoms with Gasteiger partial charge in [0, 0.05) is 24.9 Å². The number of nitrogens with zero attached hydrogens (tertiary/aromatic N) is 1. The van der Waals surface area contributed by atoms with Gasteiger partial charge in [0.1, 0.15) is 0 Å². The molecule has 5 nitrogen and oxygen atoms in total. The highest BCUT2D eigenvalue weighted by Crippen LogP contribution is 1.90. The Morgan fingerprint density at radius 1 is 1.82 bits per heavy atom. The van der Waals surface area contributed by atoms with Crippen LogP contribution in [0.15, 0.2) is 12.3 Å². The molecule has 1 aromatic heterocycles. The van der Waals surface area contributed by atoms with Gasteiger partial charge in [0.25, 0.3) is 0 Å². The van der Waals surface area contributed by atoms with E-state index in [1.54, 1.807) is 6.20 Å². The summed E-state index contributed by atoms with van der Waals surface area (Å²) in [4.78, 5) is 10.2. The molecular weight excluding hydrogens is 144 g/mol. The Balaban J connectivity index is 2.19. The van der Waals surface area contributed by atoms with Crippen LogP contribution in [-0.4, -0.2) is 22.8 Å². The van der Waals surface area contributed by atoms with Crippen molar-refractivity contribution in [1.82, 2.24) is 15.5 Å². The third kappa shape index (κ3) is 2.70. The molecule has 4 N–H and O–H groups in total. The van der Waals surface area contributed by atoms with Gasteiger partial charge in [0.05, 0.1) is 0 Å². The minimum Gasteiger partial charge on any atom is -0.352 e. The lowest BCUT2D eigenvalue weighted by atomic mass is 10.3. The maximum atomic E-state index is 10.2. The van der Waals surface area contributed by atoms with Crippen LogP contribution in [-0.2, 0) is 6.42 Å². The Morgan fingerprint density at radius 2 is 2.64 bits per heavy atom. The minimum atomic E-state index is -0.496. The molecule has 0 bridgehead atoms. The summed E-state index contributed by atoms with van der Waals surface area (Å²) in [5.41, 5.74) is 5.84. The molecule has 0 unspecified atom stereocenters. The second-order valence-corrected chi connectivity index (χ2v) is 2.12. The maximum Gasteiger partial charge on any atom is 0.312 e. The van der Waals surface area contributed by atoms with Crippen molar-refractivity contribution >= 4 is 6.03 Å². The number of carbonyl (C=O) groups excluding carboxylic acids is 1. The van der Waals surface area contributed by atoms with Crippen LogP contribution in [0.1, 0.15) is 5.69 Å². The van der Waals surface area contributed by atoms with Crippen LogP contribution in [0, 0.1) is 0 Å². The molecule has 2 amide bonds. The molecule has 11 heavy (non-hydrogen) atoms. The van der Waals surface area contributed by atoms with Crippen molar-refractivity contribution in [3.05, 3.63) is 18.0 Å². The SMILES string of the molecule is NC(=O)NCCc1ccn[nH]1. The number of primary amides is 1. The number of hydrogen-bond acceptors (Lipinski definition) is 2. The zero-order valence-corrected chi connectivity index (χ0v) is 6.00. The van der Waals surface area contributed by atoms with Gasteiger partial charge in [-0.2, -0.15) is 5.10 Å². The molecular formula is C6H10N4O. The van der Waals surface area contributed by atoms with E-state index in [1.807, 2.05) is 6.07 Å². The molecule has 0 aromatic carbocycles. The number of H-pyrrole nitrogens is 1. The van der Waals surface area contributed by atoms with Gasteiger partial charge in [-0.1, -0.05) is 0 Å². The molecule has 0 spiro atoms. The molecule has 0 aliphatic carbocycles. The maximum absolute atomic E-state index is 10.2. The average molecular weight is 154 g/mol. The van der Waals surface area contributed by atoms with Crippen molar-refractivity contribution in [3.63, 3.8) is 0 Å². The summed E-state index contributed by atoms with van der Waals surface area (Å²) in [6.07, 6.45) is 2.39. The second-order valence-electron chi connectivity index (χ2n) is 2.12. The zero-order chi connectivity index (χ0) is 8.10. The predicted molar refractivity (Wildman–Crippen MR) is 39.9 cm³/mol. The molecule has 60 valence electrons. The summed E-state index contributed by atoms with van der Waals surface area (Å²) in [5, 5.41) is 8.99. The Kier molecular flexibility index (Phi) is 2.48. The third-order valence-corrected chi connectivity index (χ3v) is 1.25. The fourth-order valence-electron chi connectivity index (χ4n) is 0.744. The normalized spacial score (nSPS) is 9.45. The van der Waals surface area contributed by atoms with Crippen molar-refractivity contribution in [3.8, 4) is 0 Å². The highest BCUT2D eigenvalue weighted by atomic mass is 16.2. The molecule has 1 aromatic rings. The van der Waals surface area contributed by atoms with Gasteiger partial charge in [0.2, 0.25) is 0 Å². The van der Waals surface area contributed by atoms with Crippen LogP contribution in [0.4, 0.5) is 4.79 Å². The number of nitrogens with two attached hydrogens (primary N) is 1. The first-order chi connectivity index (χ1) is 5.29. The number of aromatic nitrogens is 2. The van der Waals surface area contributed by atoms with Crippen LogP contribution < -0.4 is 11.1 Å². The van der Waals surface area contributed by atoms with Crippen LogP contribution in [0.3, 0.4) is 0 Å². The summed E-state index contributed by atoms with van der Waals surface area (Å²) < 4.78 is 0. The van der Waals surface area contributed by atoms with E-state index in [-0.39, 0.29) is 0 Å². The van der Waals surface area contributed by atoms with E-state index in [4.69, 9.17) is 5.73 Å². The van der Waals surface area contributed by atoms with Crippen molar-refractivity contribution in [2.45, 2.75) is 6.42 Å². The van der Waals surface area contributed by atoms with Crippen molar-refractivity contribution in [1.29, 1.82) is 0 Å². The summed E-state index contributed by atoms with van der Waals surface area (Å²) in [6, 6.07) is 1.35.